The predicted molar refractivity (Wildman–Crippen MR) is 86.3 cm³/mol. The van der Waals surface area contributed by atoms with E-state index in [-0.39, 0.29) is 6.04 Å². The zero-order chi connectivity index (χ0) is 14.7. The molecule has 0 aliphatic carbocycles. The van der Waals surface area contributed by atoms with Crippen molar-refractivity contribution in [1.29, 1.82) is 0 Å². The first kappa shape index (κ1) is 14.9. The Morgan fingerprint density at radius 2 is 2.10 bits per heavy atom. The molecule has 20 heavy (non-hydrogen) atoms. The maximum atomic E-state index is 11.6. The second kappa shape index (κ2) is 6.33. The van der Waals surface area contributed by atoms with Crippen molar-refractivity contribution in [2.75, 3.05) is 18.2 Å². The first-order valence-electron chi connectivity index (χ1n) is 6.22. The minimum Gasteiger partial charge on any atom is -0.478 e. The van der Waals surface area contributed by atoms with Crippen molar-refractivity contribution in [2.24, 2.45) is 0 Å². The number of carboxylic acid groups (broad SMARTS) is 1. The minimum atomic E-state index is -0.879. The number of benzene rings is 1. The van der Waals surface area contributed by atoms with Crippen molar-refractivity contribution >= 4 is 34.8 Å². The molecule has 106 valence electrons. The summed E-state index contributed by atoms with van der Waals surface area (Å²) in [6.45, 7) is 2.09. The van der Waals surface area contributed by atoms with Gasteiger partial charge in [-0.3, -0.25) is 0 Å². The summed E-state index contributed by atoms with van der Waals surface area (Å²) < 4.78 is 0. The van der Waals surface area contributed by atoms with Crippen LogP contribution in [0.5, 0.6) is 0 Å². The summed E-state index contributed by atoms with van der Waals surface area (Å²) >= 11 is 3.14. The summed E-state index contributed by atoms with van der Waals surface area (Å²) in [6.07, 6.45) is 1.90. The molecule has 2 rings (SSSR count). The molecule has 1 atom stereocenters. The highest BCUT2D eigenvalue weighted by Crippen LogP contribution is 2.34. The first-order chi connectivity index (χ1) is 9.56. The highest BCUT2D eigenvalue weighted by molar-refractivity contribution is 7.98. The Morgan fingerprint density at radius 1 is 1.35 bits per heavy atom. The van der Waals surface area contributed by atoms with Gasteiger partial charge in [0.05, 0.1) is 17.3 Å². The first-order valence-corrected chi connectivity index (χ1v) is 8.33. The number of aromatic carboxylic acids is 1. The molecule has 3 nitrogen and oxygen atoms in total. The molecule has 0 saturated heterocycles. The second-order valence-corrected chi connectivity index (χ2v) is 6.29. The summed E-state index contributed by atoms with van der Waals surface area (Å²) in [4.78, 5) is 15.6. The molecule has 0 saturated carbocycles. The van der Waals surface area contributed by atoms with Crippen molar-refractivity contribution in [2.45, 2.75) is 17.9 Å². The van der Waals surface area contributed by atoms with Crippen LogP contribution in [0.2, 0.25) is 0 Å². The van der Waals surface area contributed by atoms with E-state index in [2.05, 4.69) is 13.0 Å². The van der Waals surface area contributed by atoms with Gasteiger partial charge in [-0.05, 0) is 36.8 Å². The molecule has 1 N–H and O–H groups in total. The van der Waals surface area contributed by atoms with Crippen LogP contribution in [-0.2, 0) is 0 Å². The molecule has 0 spiro atoms. The van der Waals surface area contributed by atoms with E-state index in [1.54, 1.807) is 11.3 Å². The summed E-state index contributed by atoms with van der Waals surface area (Å²) in [5.41, 5.74) is 1.14. The lowest BCUT2D eigenvalue weighted by molar-refractivity contribution is 0.0694. The van der Waals surface area contributed by atoms with Gasteiger partial charge in [-0.25, -0.2) is 4.79 Å². The summed E-state index contributed by atoms with van der Waals surface area (Å²) in [7, 11) is 1.94. The van der Waals surface area contributed by atoms with E-state index in [1.807, 2.05) is 47.8 Å². The van der Waals surface area contributed by atoms with Gasteiger partial charge in [0.25, 0.3) is 0 Å². The van der Waals surface area contributed by atoms with Gasteiger partial charge >= 0.3 is 5.97 Å². The third-order valence-electron chi connectivity index (χ3n) is 3.35. The second-order valence-electron chi connectivity index (χ2n) is 4.46. The molecular formula is C15H17NO2S2. The van der Waals surface area contributed by atoms with E-state index in [0.29, 0.717) is 5.56 Å². The van der Waals surface area contributed by atoms with Gasteiger partial charge in [0.15, 0.2) is 0 Å². The lowest BCUT2D eigenvalue weighted by atomic mass is 10.1. The maximum Gasteiger partial charge on any atom is 0.338 e. The molecule has 0 amide bonds. The third kappa shape index (κ3) is 2.83. The Morgan fingerprint density at radius 3 is 2.65 bits per heavy atom. The van der Waals surface area contributed by atoms with Gasteiger partial charge in [0, 0.05) is 16.8 Å². The Labute approximate surface area is 127 Å². The van der Waals surface area contributed by atoms with Crippen LogP contribution < -0.4 is 4.90 Å². The number of thiophene rings is 1. The van der Waals surface area contributed by atoms with Crippen LogP contribution >= 0.6 is 23.1 Å². The fraction of sp³-hybridized carbons (Fsp3) is 0.267. The molecule has 1 heterocycles. The fourth-order valence-corrected chi connectivity index (χ4v) is 3.56. The van der Waals surface area contributed by atoms with Gasteiger partial charge in [-0.1, -0.05) is 12.1 Å². The highest BCUT2D eigenvalue weighted by Gasteiger charge is 2.21. The Hall–Kier alpha value is -1.46. The van der Waals surface area contributed by atoms with Crippen LogP contribution in [0.3, 0.4) is 0 Å². The van der Waals surface area contributed by atoms with E-state index in [4.69, 9.17) is 0 Å². The van der Waals surface area contributed by atoms with Gasteiger partial charge in [-0.2, -0.15) is 0 Å². The number of anilines is 1. The standard InChI is InChI=1S/C15H17NO2S2/c1-10(12-8-5-9-20-12)16(2)11-6-4-7-13(19-3)14(11)15(17)18/h4-10H,1-3H3,(H,17,18). The molecule has 1 aromatic carbocycles. The van der Waals surface area contributed by atoms with E-state index >= 15 is 0 Å². The number of carbonyl (C=O) groups is 1. The van der Waals surface area contributed by atoms with Crippen molar-refractivity contribution in [3.8, 4) is 0 Å². The summed E-state index contributed by atoms with van der Waals surface area (Å²) in [5, 5.41) is 11.5. The zero-order valence-corrected chi connectivity index (χ0v) is 13.3. The fourth-order valence-electron chi connectivity index (χ4n) is 2.13. The highest BCUT2D eigenvalue weighted by atomic mass is 32.2. The molecule has 1 unspecified atom stereocenters. The lowest BCUT2D eigenvalue weighted by Gasteiger charge is -2.28. The smallest absolute Gasteiger partial charge is 0.338 e. The Bertz CT molecular complexity index is 596. The zero-order valence-electron chi connectivity index (χ0n) is 11.7. The van der Waals surface area contributed by atoms with Crippen molar-refractivity contribution < 1.29 is 9.90 Å². The summed E-state index contributed by atoms with van der Waals surface area (Å²) in [5.74, 6) is -0.879. The number of hydrogen-bond acceptors (Lipinski definition) is 4. The SMILES string of the molecule is CSc1cccc(N(C)C(C)c2cccs2)c1C(=O)O. The van der Waals surface area contributed by atoms with Crippen molar-refractivity contribution in [3.63, 3.8) is 0 Å². The van der Waals surface area contributed by atoms with E-state index in [1.165, 1.54) is 16.6 Å². The number of thioether (sulfide) groups is 1. The maximum absolute atomic E-state index is 11.6. The van der Waals surface area contributed by atoms with Crippen molar-refractivity contribution in [1.82, 2.24) is 0 Å². The molecule has 0 aliphatic rings. The number of rotatable bonds is 5. The van der Waals surface area contributed by atoms with Crippen LogP contribution in [0, 0.1) is 0 Å². The van der Waals surface area contributed by atoms with Crippen LogP contribution in [0.4, 0.5) is 5.69 Å². The normalized spacial score (nSPS) is 12.2. The minimum absolute atomic E-state index is 0.144. The number of carboxylic acids is 1. The van der Waals surface area contributed by atoms with Gasteiger partial charge in [-0.15, -0.1) is 23.1 Å². The molecule has 0 fully saturated rings. The molecular weight excluding hydrogens is 290 g/mol. The molecule has 1 aromatic heterocycles. The summed E-state index contributed by atoms with van der Waals surface area (Å²) in [6, 6.07) is 9.86. The van der Waals surface area contributed by atoms with Crippen LogP contribution in [0.25, 0.3) is 0 Å². The van der Waals surface area contributed by atoms with Gasteiger partial charge in [0.1, 0.15) is 0 Å². The average Bonchev–Trinajstić information content (AvgIpc) is 2.98. The lowest BCUT2D eigenvalue weighted by Crippen LogP contribution is -2.23. The molecule has 5 heteroatoms. The quantitative estimate of drug-likeness (QED) is 0.833. The molecule has 0 bridgehead atoms. The van der Waals surface area contributed by atoms with E-state index in [0.717, 1.165) is 10.6 Å². The van der Waals surface area contributed by atoms with Crippen molar-refractivity contribution in [3.05, 3.63) is 46.2 Å². The largest absolute Gasteiger partial charge is 0.478 e. The van der Waals surface area contributed by atoms with Crippen LogP contribution in [0.15, 0.2) is 40.6 Å². The molecule has 2 aromatic rings. The van der Waals surface area contributed by atoms with Gasteiger partial charge < -0.3 is 10.0 Å². The van der Waals surface area contributed by atoms with Gasteiger partial charge in [0.2, 0.25) is 0 Å². The van der Waals surface area contributed by atoms with E-state index < -0.39 is 5.97 Å². The van der Waals surface area contributed by atoms with Crippen LogP contribution in [-0.4, -0.2) is 24.4 Å². The monoisotopic (exact) mass is 307 g/mol. The number of nitrogens with zero attached hydrogens (tertiary/aromatic N) is 1. The average molecular weight is 307 g/mol. The number of hydrogen-bond donors (Lipinski definition) is 1. The third-order valence-corrected chi connectivity index (χ3v) is 5.18. The van der Waals surface area contributed by atoms with E-state index in [9.17, 15) is 9.90 Å². The Kier molecular flexibility index (Phi) is 4.73. The topological polar surface area (TPSA) is 40.5 Å². The molecule has 0 radical (unpaired) electrons. The predicted octanol–water partition coefficient (Wildman–Crippen LogP) is 4.37. The Balaban J connectivity index is 2.44. The van der Waals surface area contributed by atoms with Crippen LogP contribution in [0.1, 0.15) is 28.2 Å². The molecule has 0 aliphatic heterocycles.